The summed E-state index contributed by atoms with van der Waals surface area (Å²) in [5.41, 5.74) is 0.600. The fourth-order valence-corrected chi connectivity index (χ4v) is 1.18. The fraction of sp³-hybridized carbons (Fsp3) is 0.273. The van der Waals surface area contributed by atoms with Crippen LogP contribution in [0.3, 0.4) is 0 Å². The van der Waals surface area contributed by atoms with Crippen LogP contribution in [0.1, 0.15) is 12.5 Å². The van der Waals surface area contributed by atoms with Gasteiger partial charge >= 0.3 is 11.8 Å². The molecular weight excluding hydrogens is 197 g/mol. The van der Waals surface area contributed by atoms with E-state index in [4.69, 9.17) is 5.26 Å². The van der Waals surface area contributed by atoms with Gasteiger partial charge in [-0.2, -0.15) is 9.65 Å². The minimum Gasteiger partial charge on any atom is -0.415 e. The maximum atomic E-state index is 13.7. The second kappa shape index (κ2) is 4.56. The molecule has 3 nitrogen and oxygen atoms in total. The monoisotopic (exact) mass is 207 g/mol. The maximum absolute atomic E-state index is 13.7. The number of carbonyl (C=O) groups excluding carboxylic acids is 1. The molecule has 0 N–H and O–H groups in total. The van der Waals surface area contributed by atoms with Gasteiger partial charge in [0.05, 0.1) is 6.42 Å². The zero-order valence-corrected chi connectivity index (χ0v) is 8.24. The second-order valence-corrected chi connectivity index (χ2v) is 3.10. The van der Waals surface area contributed by atoms with E-state index < -0.39 is 11.8 Å². The molecule has 0 aliphatic rings. The van der Waals surface area contributed by atoms with Crippen LogP contribution in [0, 0.1) is 11.3 Å². The van der Waals surface area contributed by atoms with E-state index in [-0.39, 0.29) is 6.42 Å². The van der Waals surface area contributed by atoms with Crippen LogP contribution < -0.4 is 0 Å². The smallest absolute Gasteiger partial charge is 0.342 e. The zero-order valence-electron chi connectivity index (χ0n) is 8.24. The average Bonchev–Trinajstić information content (AvgIpc) is 2.18. The number of carbonyl (C=O) groups is 1. The van der Waals surface area contributed by atoms with Crippen molar-refractivity contribution in [2.45, 2.75) is 19.2 Å². The number of nitriles is 1. The van der Waals surface area contributed by atoms with Crippen LogP contribution >= 0.6 is 0 Å². The van der Waals surface area contributed by atoms with E-state index in [1.54, 1.807) is 30.3 Å². The topological polar surface area (TPSA) is 50.1 Å². The molecule has 0 bridgehead atoms. The number of nitrogens with zero attached hydrogens (tertiary/aromatic N) is 1. The Morgan fingerprint density at radius 1 is 1.53 bits per heavy atom. The van der Waals surface area contributed by atoms with Crippen molar-refractivity contribution in [2.75, 3.05) is 0 Å². The molecule has 0 fully saturated rings. The van der Waals surface area contributed by atoms with E-state index in [1.807, 2.05) is 0 Å². The lowest BCUT2D eigenvalue weighted by molar-refractivity contribution is -0.166. The van der Waals surface area contributed by atoms with Crippen molar-refractivity contribution >= 4 is 5.97 Å². The Labute approximate surface area is 87.1 Å². The van der Waals surface area contributed by atoms with E-state index in [1.165, 1.54) is 6.07 Å². The Bertz CT molecular complexity index is 385. The SMILES string of the molecule is CC(=O)OC(F)(C#N)Cc1ccccc1. The number of halogens is 1. The Morgan fingerprint density at radius 2 is 2.13 bits per heavy atom. The van der Waals surface area contributed by atoms with Crippen molar-refractivity contribution in [3.8, 4) is 6.07 Å². The molecule has 0 saturated carbocycles. The first-order valence-electron chi connectivity index (χ1n) is 4.39. The largest absolute Gasteiger partial charge is 0.415 e. The highest BCUT2D eigenvalue weighted by molar-refractivity contribution is 5.66. The number of ether oxygens (including phenoxy) is 1. The van der Waals surface area contributed by atoms with Gasteiger partial charge in [0.15, 0.2) is 0 Å². The van der Waals surface area contributed by atoms with Crippen LogP contribution in [0.4, 0.5) is 4.39 Å². The Balaban J connectivity index is 2.78. The quantitative estimate of drug-likeness (QED) is 0.712. The third kappa shape index (κ3) is 3.39. The third-order valence-electron chi connectivity index (χ3n) is 1.75. The Hall–Kier alpha value is -1.89. The lowest BCUT2D eigenvalue weighted by Gasteiger charge is -2.16. The lowest BCUT2D eigenvalue weighted by Crippen LogP contribution is -2.29. The van der Waals surface area contributed by atoms with Crippen molar-refractivity contribution in [1.82, 2.24) is 0 Å². The van der Waals surface area contributed by atoms with Gasteiger partial charge < -0.3 is 4.74 Å². The van der Waals surface area contributed by atoms with Gasteiger partial charge in [0.1, 0.15) is 6.07 Å². The molecule has 0 aromatic heterocycles. The second-order valence-electron chi connectivity index (χ2n) is 3.10. The molecule has 0 radical (unpaired) electrons. The predicted molar refractivity (Wildman–Crippen MR) is 51.4 cm³/mol. The van der Waals surface area contributed by atoms with Crippen LogP contribution in [-0.2, 0) is 16.0 Å². The number of rotatable bonds is 3. The maximum Gasteiger partial charge on any atom is 0.342 e. The molecule has 0 heterocycles. The van der Waals surface area contributed by atoms with Gasteiger partial charge in [-0.1, -0.05) is 30.3 Å². The molecule has 1 aromatic carbocycles. The number of hydrogen-bond acceptors (Lipinski definition) is 3. The summed E-state index contributed by atoms with van der Waals surface area (Å²) in [5.74, 6) is -3.39. The third-order valence-corrected chi connectivity index (χ3v) is 1.75. The highest BCUT2D eigenvalue weighted by Crippen LogP contribution is 2.19. The van der Waals surface area contributed by atoms with Gasteiger partial charge in [0.2, 0.25) is 0 Å². The summed E-state index contributed by atoms with van der Waals surface area (Å²) in [4.78, 5) is 10.6. The molecule has 78 valence electrons. The van der Waals surface area contributed by atoms with Gasteiger partial charge in [-0.25, -0.2) is 0 Å². The van der Waals surface area contributed by atoms with Crippen LogP contribution in [0.2, 0.25) is 0 Å². The highest BCUT2D eigenvalue weighted by atomic mass is 19.2. The van der Waals surface area contributed by atoms with Crippen LogP contribution in [0.5, 0.6) is 0 Å². The number of hydrogen-bond donors (Lipinski definition) is 0. The van der Waals surface area contributed by atoms with Crippen molar-refractivity contribution in [1.29, 1.82) is 5.26 Å². The van der Waals surface area contributed by atoms with Crippen molar-refractivity contribution in [3.05, 3.63) is 35.9 Å². The average molecular weight is 207 g/mol. The first-order chi connectivity index (χ1) is 7.06. The molecule has 0 amide bonds. The van der Waals surface area contributed by atoms with E-state index >= 15 is 0 Å². The molecule has 1 aromatic rings. The molecule has 15 heavy (non-hydrogen) atoms. The summed E-state index contributed by atoms with van der Waals surface area (Å²) in [6.07, 6.45) is -0.260. The minimum atomic E-state index is -2.58. The van der Waals surface area contributed by atoms with Crippen molar-refractivity contribution in [2.24, 2.45) is 0 Å². The minimum absolute atomic E-state index is 0.260. The molecule has 1 atom stereocenters. The van der Waals surface area contributed by atoms with Crippen LogP contribution in [0.15, 0.2) is 30.3 Å². The summed E-state index contributed by atoms with van der Waals surface area (Å²) < 4.78 is 18.0. The van der Waals surface area contributed by atoms with E-state index in [2.05, 4.69) is 4.74 Å². The summed E-state index contributed by atoms with van der Waals surface area (Å²) in [6, 6.07) is 9.90. The number of esters is 1. The lowest BCUT2D eigenvalue weighted by atomic mass is 10.1. The fourth-order valence-electron chi connectivity index (χ4n) is 1.18. The van der Waals surface area contributed by atoms with Gasteiger partial charge in [-0.15, -0.1) is 0 Å². The molecule has 1 unspecified atom stereocenters. The summed E-state index contributed by atoms with van der Waals surface area (Å²) in [6.45, 7) is 1.07. The molecule has 1 rings (SSSR count). The summed E-state index contributed by atoms with van der Waals surface area (Å²) in [5, 5.41) is 8.59. The molecule has 4 heteroatoms. The van der Waals surface area contributed by atoms with Gasteiger partial charge in [-0.3, -0.25) is 4.79 Å². The Morgan fingerprint density at radius 3 is 2.60 bits per heavy atom. The van der Waals surface area contributed by atoms with Gasteiger partial charge in [0.25, 0.3) is 0 Å². The Kier molecular flexibility index (Phi) is 3.40. The first kappa shape index (κ1) is 11.2. The number of benzene rings is 1. The first-order valence-corrected chi connectivity index (χ1v) is 4.39. The zero-order chi connectivity index (χ0) is 11.3. The van der Waals surface area contributed by atoms with Crippen molar-refractivity contribution in [3.63, 3.8) is 0 Å². The molecular formula is C11H10FNO2. The standard InChI is InChI=1S/C11H10FNO2/c1-9(14)15-11(12,8-13)7-10-5-3-2-4-6-10/h2-6H,7H2,1H3. The predicted octanol–water partition coefficient (Wildman–Crippen LogP) is 1.98. The van der Waals surface area contributed by atoms with Gasteiger partial charge in [0, 0.05) is 6.92 Å². The van der Waals surface area contributed by atoms with Crippen LogP contribution in [-0.4, -0.2) is 11.8 Å². The van der Waals surface area contributed by atoms with Gasteiger partial charge in [-0.05, 0) is 5.56 Å². The molecule has 0 aliphatic carbocycles. The highest BCUT2D eigenvalue weighted by Gasteiger charge is 2.33. The van der Waals surface area contributed by atoms with E-state index in [0.717, 1.165) is 6.92 Å². The summed E-state index contributed by atoms with van der Waals surface area (Å²) in [7, 11) is 0. The summed E-state index contributed by atoms with van der Waals surface area (Å²) >= 11 is 0. The number of alkyl halides is 1. The molecule has 0 saturated heterocycles. The van der Waals surface area contributed by atoms with Crippen LogP contribution in [0.25, 0.3) is 0 Å². The molecule has 0 spiro atoms. The van der Waals surface area contributed by atoms with Crippen molar-refractivity contribution < 1.29 is 13.9 Å². The van der Waals surface area contributed by atoms with E-state index in [0.29, 0.717) is 5.56 Å². The molecule has 0 aliphatic heterocycles. The van der Waals surface area contributed by atoms with E-state index in [9.17, 15) is 9.18 Å². The normalized spacial score (nSPS) is 13.7.